The standard InChI is InChI=1S/C11H19NO2/c1-11(2,9-12)5-7-13-8-10-4-3-6-14-10/h3-4,6H,5,7-9,12H2,1-2H3. The largest absolute Gasteiger partial charge is 0.467 e. The zero-order valence-electron chi connectivity index (χ0n) is 8.95. The molecule has 0 unspecified atom stereocenters. The maximum absolute atomic E-state index is 5.61. The van der Waals surface area contributed by atoms with E-state index in [1.165, 1.54) is 0 Å². The highest BCUT2D eigenvalue weighted by Gasteiger charge is 2.14. The summed E-state index contributed by atoms with van der Waals surface area (Å²) in [6, 6.07) is 3.77. The van der Waals surface area contributed by atoms with Gasteiger partial charge in [0.15, 0.2) is 0 Å². The molecule has 0 aromatic carbocycles. The average Bonchev–Trinajstić information content (AvgIpc) is 2.65. The van der Waals surface area contributed by atoms with Gasteiger partial charge in [-0.05, 0) is 30.5 Å². The van der Waals surface area contributed by atoms with Gasteiger partial charge in [0.25, 0.3) is 0 Å². The SMILES string of the molecule is CC(C)(CN)CCOCc1ccco1. The summed E-state index contributed by atoms with van der Waals surface area (Å²) in [6.07, 6.45) is 2.63. The summed E-state index contributed by atoms with van der Waals surface area (Å²) in [7, 11) is 0. The normalized spacial score (nSPS) is 11.9. The molecule has 0 radical (unpaired) electrons. The molecular weight excluding hydrogens is 178 g/mol. The summed E-state index contributed by atoms with van der Waals surface area (Å²) in [4.78, 5) is 0. The molecule has 0 bridgehead atoms. The smallest absolute Gasteiger partial charge is 0.129 e. The predicted octanol–water partition coefficient (Wildman–Crippen LogP) is 2.17. The Balaban J connectivity index is 2.11. The molecule has 0 spiro atoms. The first-order valence-electron chi connectivity index (χ1n) is 4.94. The molecule has 1 aromatic heterocycles. The van der Waals surface area contributed by atoms with Gasteiger partial charge in [-0.2, -0.15) is 0 Å². The molecule has 14 heavy (non-hydrogen) atoms. The average molecular weight is 197 g/mol. The molecular formula is C11H19NO2. The van der Waals surface area contributed by atoms with Crippen LogP contribution in [0.3, 0.4) is 0 Å². The third-order valence-electron chi connectivity index (χ3n) is 2.30. The summed E-state index contributed by atoms with van der Waals surface area (Å²) in [6.45, 7) is 6.25. The fourth-order valence-corrected chi connectivity index (χ4v) is 1.02. The quantitative estimate of drug-likeness (QED) is 0.711. The lowest BCUT2D eigenvalue weighted by Crippen LogP contribution is -2.25. The number of nitrogens with two attached hydrogens (primary N) is 1. The van der Waals surface area contributed by atoms with E-state index in [0.29, 0.717) is 13.2 Å². The van der Waals surface area contributed by atoms with Crippen LogP contribution in [0, 0.1) is 5.41 Å². The van der Waals surface area contributed by atoms with Gasteiger partial charge in [-0.3, -0.25) is 0 Å². The molecule has 0 amide bonds. The Morgan fingerprint density at radius 2 is 2.29 bits per heavy atom. The monoisotopic (exact) mass is 197 g/mol. The highest BCUT2D eigenvalue weighted by atomic mass is 16.5. The van der Waals surface area contributed by atoms with E-state index in [-0.39, 0.29) is 5.41 Å². The zero-order valence-corrected chi connectivity index (χ0v) is 8.95. The molecule has 3 heteroatoms. The maximum Gasteiger partial charge on any atom is 0.129 e. The van der Waals surface area contributed by atoms with Crippen LogP contribution >= 0.6 is 0 Å². The molecule has 0 aliphatic rings. The molecule has 0 atom stereocenters. The Bertz CT molecular complexity index is 242. The molecule has 0 saturated carbocycles. The summed E-state index contributed by atoms with van der Waals surface area (Å²) in [5.74, 6) is 0.871. The van der Waals surface area contributed by atoms with Crippen LogP contribution in [0.5, 0.6) is 0 Å². The second kappa shape index (κ2) is 5.17. The Morgan fingerprint density at radius 3 is 2.86 bits per heavy atom. The molecule has 2 N–H and O–H groups in total. The van der Waals surface area contributed by atoms with Crippen LogP contribution in [0.4, 0.5) is 0 Å². The zero-order chi connectivity index (χ0) is 10.4. The first-order chi connectivity index (χ1) is 6.64. The van der Waals surface area contributed by atoms with Crippen LogP contribution in [0.25, 0.3) is 0 Å². The summed E-state index contributed by atoms with van der Waals surface area (Å²) < 4.78 is 10.6. The van der Waals surface area contributed by atoms with Crippen molar-refractivity contribution in [3.8, 4) is 0 Å². The predicted molar refractivity (Wildman–Crippen MR) is 55.8 cm³/mol. The van der Waals surface area contributed by atoms with Gasteiger partial charge >= 0.3 is 0 Å². The number of ether oxygens (including phenoxy) is 1. The van der Waals surface area contributed by atoms with Crippen LogP contribution in [-0.4, -0.2) is 13.2 Å². The first-order valence-corrected chi connectivity index (χ1v) is 4.94. The Morgan fingerprint density at radius 1 is 1.50 bits per heavy atom. The molecule has 0 aliphatic heterocycles. The minimum absolute atomic E-state index is 0.170. The number of rotatable bonds is 6. The Kier molecular flexibility index (Phi) is 4.17. The van der Waals surface area contributed by atoms with Gasteiger partial charge in [0.1, 0.15) is 12.4 Å². The van der Waals surface area contributed by atoms with Gasteiger partial charge in [-0.15, -0.1) is 0 Å². The summed E-state index contributed by atoms with van der Waals surface area (Å²) >= 11 is 0. The number of hydrogen-bond donors (Lipinski definition) is 1. The lowest BCUT2D eigenvalue weighted by Gasteiger charge is -2.21. The topological polar surface area (TPSA) is 48.4 Å². The van der Waals surface area contributed by atoms with Crippen molar-refractivity contribution in [2.75, 3.05) is 13.2 Å². The van der Waals surface area contributed by atoms with E-state index in [2.05, 4.69) is 13.8 Å². The van der Waals surface area contributed by atoms with Crippen molar-refractivity contribution in [3.05, 3.63) is 24.2 Å². The molecule has 0 aliphatic carbocycles. The second-order valence-corrected chi connectivity index (χ2v) is 4.25. The Hall–Kier alpha value is -0.800. The second-order valence-electron chi connectivity index (χ2n) is 4.25. The van der Waals surface area contributed by atoms with Crippen molar-refractivity contribution in [1.29, 1.82) is 0 Å². The van der Waals surface area contributed by atoms with E-state index >= 15 is 0 Å². The lowest BCUT2D eigenvalue weighted by molar-refractivity contribution is 0.0825. The molecule has 1 heterocycles. The van der Waals surface area contributed by atoms with Crippen LogP contribution in [-0.2, 0) is 11.3 Å². The highest BCUT2D eigenvalue weighted by molar-refractivity contribution is 4.95. The van der Waals surface area contributed by atoms with E-state index in [9.17, 15) is 0 Å². The van der Waals surface area contributed by atoms with E-state index in [4.69, 9.17) is 14.9 Å². The fraction of sp³-hybridized carbons (Fsp3) is 0.636. The highest BCUT2D eigenvalue weighted by Crippen LogP contribution is 2.18. The molecule has 3 nitrogen and oxygen atoms in total. The molecule has 0 fully saturated rings. The van der Waals surface area contributed by atoms with Gasteiger partial charge in [0, 0.05) is 6.61 Å². The molecule has 1 rings (SSSR count). The van der Waals surface area contributed by atoms with E-state index in [0.717, 1.165) is 18.8 Å². The number of hydrogen-bond acceptors (Lipinski definition) is 3. The third kappa shape index (κ3) is 3.94. The van der Waals surface area contributed by atoms with E-state index < -0.39 is 0 Å². The van der Waals surface area contributed by atoms with Gasteiger partial charge in [-0.1, -0.05) is 13.8 Å². The fourth-order valence-electron chi connectivity index (χ4n) is 1.02. The van der Waals surface area contributed by atoms with Gasteiger partial charge in [0.2, 0.25) is 0 Å². The van der Waals surface area contributed by atoms with Crippen molar-refractivity contribution in [2.45, 2.75) is 26.9 Å². The first kappa shape index (κ1) is 11.3. The summed E-state index contributed by atoms with van der Waals surface area (Å²) in [5.41, 5.74) is 5.78. The van der Waals surface area contributed by atoms with Crippen LogP contribution < -0.4 is 5.73 Å². The van der Waals surface area contributed by atoms with Crippen molar-refractivity contribution in [3.63, 3.8) is 0 Å². The Labute approximate surface area is 85.2 Å². The van der Waals surface area contributed by atoms with Crippen LogP contribution in [0.15, 0.2) is 22.8 Å². The van der Waals surface area contributed by atoms with Crippen LogP contribution in [0.1, 0.15) is 26.0 Å². The van der Waals surface area contributed by atoms with Crippen molar-refractivity contribution < 1.29 is 9.15 Å². The summed E-state index contributed by atoms with van der Waals surface area (Å²) in [5, 5.41) is 0. The maximum atomic E-state index is 5.61. The van der Waals surface area contributed by atoms with Gasteiger partial charge in [-0.25, -0.2) is 0 Å². The molecule has 0 saturated heterocycles. The van der Waals surface area contributed by atoms with Gasteiger partial charge < -0.3 is 14.9 Å². The molecule has 1 aromatic rings. The van der Waals surface area contributed by atoms with E-state index in [1.54, 1.807) is 6.26 Å². The minimum Gasteiger partial charge on any atom is -0.467 e. The lowest BCUT2D eigenvalue weighted by atomic mass is 9.90. The van der Waals surface area contributed by atoms with Crippen molar-refractivity contribution >= 4 is 0 Å². The van der Waals surface area contributed by atoms with Crippen molar-refractivity contribution in [1.82, 2.24) is 0 Å². The van der Waals surface area contributed by atoms with Gasteiger partial charge in [0.05, 0.1) is 6.26 Å². The number of furan rings is 1. The third-order valence-corrected chi connectivity index (χ3v) is 2.30. The minimum atomic E-state index is 0.170. The molecule has 80 valence electrons. The van der Waals surface area contributed by atoms with Crippen LogP contribution in [0.2, 0.25) is 0 Å². The van der Waals surface area contributed by atoms with Crippen molar-refractivity contribution in [2.24, 2.45) is 11.1 Å². The van der Waals surface area contributed by atoms with E-state index in [1.807, 2.05) is 12.1 Å².